The van der Waals surface area contributed by atoms with E-state index < -0.39 is 0 Å². The van der Waals surface area contributed by atoms with Crippen LogP contribution in [0.2, 0.25) is 0 Å². The first-order chi connectivity index (χ1) is 8.75. The van der Waals surface area contributed by atoms with Gasteiger partial charge in [-0.15, -0.1) is 0 Å². The Kier molecular flexibility index (Phi) is 4.53. The molecular formula is C15H21N3. The number of hydrogen-bond donors (Lipinski definition) is 0. The molecule has 18 heavy (non-hydrogen) atoms. The summed E-state index contributed by atoms with van der Waals surface area (Å²) in [5.41, 5.74) is 2.05. The molecule has 0 bridgehead atoms. The van der Waals surface area contributed by atoms with Crippen molar-refractivity contribution in [2.24, 2.45) is 0 Å². The molecule has 0 amide bonds. The van der Waals surface area contributed by atoms with Crippen LogP contribution < -0.4 is 0 Å². The van der Waals surface area contributed by atoms with E-state index in [9.17, 15) is 0 Å². The molecule has 96 valence electrons. The van der Waals surface area contributed by atoms with Crippen molar-refractivity contribution in [2.45, 2.75) is 19.3 Å². The first-order valence-corrected chi connectivity index (χ1v) is 6.51. The van der Waals surface area contributed by atoms with E-state index in [1.54, 1.807) is 12.5 Å². The summed E-state index contributed by atoms with van der Waals surface area (Å²) >= 11 is 0. The molecule has 0 aromatic carbocycles. The molecule has 1 aliphatic heterocycles. The molecule has 1 aromatic rings. The van der Waals surface area contributed by atoms with Crippen LogP contribution in [0.5, 0.6) is 0 Å². The van der Waals surface area contributed by atoms with Crippen LogP contribution in [0.1, 0.15) is 19.3 Å². The lowest BCUT2D eigenvalue weighted by Gasteiger charge is -2.26. The summed E-state index contributed by atoms with van der Waals surface area (Å²) in [4.78, 5) is 6.47. The molecule has 0 spiro atoms. The van der Waals surface area contributed by atoms with E-state index in [0.29, 0.717) is 0 Å². The summed E-state index contributed by atoms with van der Waals surface area (Å²) in [7, 11) is 0. The Morgan fingerprint density at radius 2 is 1.94 bits per heavy atom. The molecular weight excluding hydrogens is 222 g/mol. The van der Waals surface area contributed by atoms with Gasteiger partial charge in [0, 0.05) is 24.6 Å². The molecule has 0 radical (unpaired) electrons. The van der Waals surface area contributed by atoms with E-state index in [1.165, 1.54) is 32.4 Å². The third-order valence-corrected chi connectivity index (χ3v) is 3.22. The normalized spacial score (nSPS) is 17.1. The Bertz CT molecular complexity index is 423. The summed E-state index contributed by atoms with van der Waals surface area (Å²) in [6.07, 6.45) is 13.4. The summed E-state index contributed by atoms with van der Waals surface area (Å²) in [5, 5.41) is 0. The zero-order chi connectivity index (χ0) is 12.8. The average molecular weight is 243 g/mol. The van der Waals surface area contributed by atoms with Crippen LogP contribution in [0.4, 0.5) is 0 Å². The zero-order valence-corrected chi connectivity index (χ0v) is 10.9. The van der Waals surface area contributed by atoms with Crippen LogP contribution in [0.15, 0.2) is 49.6 Å². The third kappa shape index (κ3) is 3.70. The zero-order valence-electron chi connectivity index (χ0n) is 10.9. The maximum Gasteiger partial charge on any atom is 0.0991 e. The number of imidazole rings is 1. The smallest absolute Gasteiger partial charge is 0.0991 e. The highest BCUT2D eigenvalue weighted by atomic mass is 15.1. The van der Waals surface area contributed by atoms with Gasteiger partial charge in [-0.1, -0.05) is 25.7 Å². The highest BCUT2D eigenvalue weighted by molar-refractivity contribution is 5.55. The van der Waals surface area contributed by atoms with Gasteiger partial charge >= 0.3 is 0 Å². The Labute approximate surface area is 109 Å². The Balaban J connectivity index is 1.81. The van der Waals surface area contributed by atoms with Gasteiger partial charge in [0.25, 0.3) is 0 Å². The van der Waals surface area contributed by atoms with Crippen molar-refractivity contribution < 1.29 is 0 Å². The molecule has 1 saturated heterocycles. The lowest BCUT2D eigenvalue weighted by molar-refractivity contribution is 0.248. The fraction of sp³-hybridized carbons (Fsp3) is 0.400. The summed E-state index contributed by atoms with van der Waals surface area (Å²) in [6, 6.07) is 0. The van der Waals surface area contributed by atoms with E-state index in [0.717, 1.165) is 17.8 Å². The van der Waals surface area contributed by atoms with Crippen LogP contribution in [-0.4, -0.2) is 34.1 Å². The number of piperidine rings is 1. The molecule has 3 nitrogen and oxygen atoms in total. The van der Waals surface area contributed by atoms with Crippen LogP contribution in [0.3, 0.4) is 0 Å². The number of nitrogens with zero attached hydrogens (tertiary/aromatic N) is 3. The first kappa shape index (κ1) is 12.8. The largest absolute Gasteiger partial charge is 0.307 e. The summed E-state index contributed by atoms with van der Waals surface area (Å²) < 4.78 is 1.89. The van der Waals surface area contributed by atoms with Crippen molar-refractivity contribution in [3.63, 3.8) is 0 Å². The topological polar surface area (TPSA) is 21.1 Å². The number of allylic oxidation sites excluding steroid dienone is 2. The van der Waals surface area contributed by atoms with Gasteiger partial charge in [-0.2, -0.15) is 0 Å². The standard InChI is InChI=1S/C15H21N3/c1-14(12-17-9-4-3-5-10-17)6-7-15(2)18-11-8-16-13-18/h6-8,11,13H,1-5,9-10,12H2/b7-6-. The average Bonchev–Trinajstić information content (AvgIpc) is 2.91. The molecule has 0 saturated carbocycles. The fourth-order valence-corrected chi connectivity index (χ4v) is 2.19. The highest BCUT2D eigenvalue weighted by Gasteiger charge is 2.09. The third-order valence-electron chi connectivity index (χ3n) is 3.22. The molecule has 0 N–H and O–H groups in total. The van der Waals surface area contributed by atoms with Crippen LogP contribution >= 0.6 is 0 Å². The van der Waals surface area contributed by atoms with Crippen molar-refractivity contribution in [3.05, 3.63) is 49.6 Å². The molecule has 2 heterocycles. The predicted molar refractivity (Wildman–Crippen MR) is 76.1 cm³/mol. The number of aromatic nitrogens is 2. The van der Waals surface area contributed by atoms with Gasteiger partial charge < -0.3 is 4.57 Å². The van der Waals surface area contributed by atoms with Gasteiger partial charge in [0.05, 0.1) is 6.33 Å². The van der Waals surface area contributed by atoms with E-state index in [4.69, 9.17) is 0 Å². The van der Waals surface area contributed by atoms with Gasteiger partial charge in [-0.25, -0.2) is 4.98 Å². The molecule has 1 fully saturated rings. The van der Waals surface area contributed by atoms with Crippen molar-refractivity contribution in [1.29, 1.82) is 0 Å². The Morgan fingerprint density at radius 3 is 2.61 bits per heavy atom. The number of rotatable bonds is 5. The lowest BCUT2D eigenvalue weighted by atomic mass is 10.1. The van der Waals surface area contributed by atoms with E-state index in [2.05, 4.69) is 29.1 Å². The molecule has 1 aliphatic rings. The lowest BCUT2D eigenvalue weighted by Crippen LogP contribution is -2.31. The minimum Gasteiger partial charge on any atom is -0.307 e. The minimum absolute atomic E-state index is 0.910. The molecule has 0 unspecified atom stereocenters. The molecule has 3 heteroatoms. The minimum atomic E-state index is 0.910. The van der Waals surface area contributed by atoms with Crippen molar-refractivity contribution in [3.8, 4) is 0 Å². The van der Waals surface area contributed by atoms with E-state index in [-0.39, 0.29) is 0 Å². The van der Waals surface area contributed by atoms with Crippen molar-refractivity contribution in [2.75, 3.05) is 19.6 Å². The predicted octanol–water partition coefficient (Wildman–Crippen LogP) is 2.95. The number of hydrogen-bond acceptors (Lipinski definition) is 2. The first-order valence-electron chi connectivity index (χ1n) is 6.51. The van der Waals surface area contributed by atoms with Crippen molar-refractivity contribution >= 4 is 5.70 Å². The molecule has 1 aromatic heterocycles. The van der Waals surface area contributed by atoms with Crippen LogP contribution in [-0.2, 0) is 0 Å². The SMILES string of the molecule is C=C(/C=C\C(=C)n1ccnc1)CN1CCCCC1. The van der Waals surface area contributed by atoms with Gasteiger partial charge in [-0.3, -0.25) is 4.90 Å². The quantitative estimate of drug-likeness (QED) is 0.741. The van der Waals surface area contributed by atoms with Gasteiger partial charge in [0.1, 0.15) is 0 Å². The Morgan fingerprint density at radius 1 is 1.17 bits per heavy atom. The Hall–Kier alpha value is -1.61. The molecule has 2 rings (SSSR count). The molecule has 0 atom stereocenters. The summed E-state index contributed by atoms with van der Waals surface area (Å²) in [6.45, 7) is 11.5. The van der Waals surface area contributed by atoms with Crippen molar-refractivity contribution in [1.82, 2.24) is 14.5 Å². The van der Waals surface area contributed by atoms with Gasteiger partial charge in [0.2, 0.25) is 0 Å². The number of likely N-dealkylation sites (tertiary alicyclic amines) is 1. The van der Waals surface area contributed by atoms with Gasteiger partial charge in [0.15, 0.2) is 0 Å². The second-order valence-corrected chi connectivity index (χ2v) is 4.79. The second-order valence-electron chi connectivity index (χ2n) is 4.79. The maximum absolute atomic E-state index is 4.11. The van der Waals surface area contributed by atoms with Crippen LogP contribution in [0, 0.1) is 0 Å². The highest BCUT2D eigenvalue weighted by Crippen LogP contribution is 2.11. The fourth-order valence-electron chi connectivity index (χ4n) is 2.19. The van der Waals surface area contributed by atoms with E-state index >= 15 is 0 Å². The van der Waals surface area contributed by atoms with Gasteiger partial charge in [-0.05, 0) is 37.6 Å². The van der Waals surface area contributed by atoms with Crippen LogP contribution in [0.25, 0.3) is 5.70 Å². The summed E-state index contributed by atoms with van der Waals surface area (Å²) in [5.74, 6) is 0. The van der Waals surface area contributed by atoms with E-state index in [1.807, 2.05) is 16.8 Å². The second kappa shape index (κ2) is 6.36. The maximum atomic E-state index is 4.11. The monoisotopic (exact) mass is 243 g/mol. The molecule has 0 aliphatic carbocycles.